The Morgan fingerprint density at radius 2 is 2.08 bits per heavy atom. The lowest BCUT2D eigenvalue weighted by Gasteiger charge is -2.31. The molecule has 0 bridgehead atoms. The average molecular weight is 362 g/mol. The second-order valence-corrected chi connectivity index (χ2v) is 6.23. The fourth-order valence-electron chi connectivity index (χ4n) is 3.27. The fourth-order valence-corrected chi connectivity index (χ4v) is 3.27. The van der Waals surface area contributed by atoms with Crippen LogP contribution in [-0.2, 0) is 14.3 Å². The summed E-state index contributed by atoms with van der Waals surface area (Å²) < 4.78 is 15.6. The van der Waals surface area contributed by atoms with Gasteiger partial charge in [-0.25, -0.2) is 9.59 Å². The van der Waals surface area contributed by atoms with E-state index >= 15 is 0 Å². The monoisotopic (exact) mass is 362 g/mol. The van der Waals surface area contributed by atoms with Gasteiger partial charge < -0.3 is 29.7 Å². The topological polar surface area (TPSA) is 90.3 Å². The first-order valence-electron chi connectivity index (χ1n) is 8.56. The van der Waals surface area contributed by atoms with E-state index < -0.39 is 12.0 Å². The zero-order valence-electron chi connectivity index (χ0n) is 15.0. The Morgan fingerprint density at radius 1 is 1.31 bits per heavy atom. The lowest BCUT2D eigenvalue weighted by Crippen LogP contribution is -3.14. The zero-order valence-corrected chi connectivity index (χ0v) is 15.0. The number of ether oxygens (including phenoxy) is 3. The standard InChI is InChI=1S/C18H23N3O5/c1-24-13-5-3-4-12(10-13)16-15(17(22)25-2)14(19-18(23)20-16)11-21-6-8-26-9-7-21/h3-5,10,16H,6-9,11H2,1-2H3,(H2,19,20,23)/p+1/t16-/m0/s1. The van der Waals surface area contributed by atoms with Crippen LogP contribution in [0.15, 0.2) is 35.5 Å². The SMILES string of the molecule is COC(=O)C1=C(C[NH+]2CCOCC2)NC(=O)N[C@H]1c1cccc(OC)c1. The van der Waals surface area contributed by atoms with Gasteiger partial charge in [-0.15, -0.1) is 0 Å². The van der Waals surface area contributed by atoms with Crippen molar-refractivity contribution in [2.24, 2.45) is 0 Å². The summed E-state index contributed by atoms with van der Waals surface area (Å²) in [6.45, 7) is 3.52. The predicted octanol–water partition coefficient (Wildman–Crippen LogP) is -0.609. The highest BCUT2D eigenvalue weighted by Crippen LogP contribution is 2.29. The van der Waals surface area contributed by atoms with Crippen molar-refractivity contribution < 1.29 is 28.7 Å². The van der Waals surface area contributed by atoms with Crippen molar-refractivity contribution in [1.29, 1.82) is 0 Å². The summed E-state index contributed by atoms with van der Waals surface area (Å²) in [6, 6.07) is 6.35. The Labute approximate surface area is 152 Å². The van der Waals surface area contributed by atoms with Gasteiger partial charge in [0.25, 0.3) is 0 Å². The molecule has 2 aliphatic heterocycles. The Morgan fingerprint density at radius 3 is 2.77 bits per heavy atom. The van der Waals surface area contributed by atoms with E-state index in [4.69, 9.17) is 14.2 Å². The molecule has 0 radical (unpaired) electrons. The van der Waals surface area contributed by atoms with E-state index in [9.17, 15) is 9.59 Å². The van der Waals surface area contributed by atoms with Crippen LogP contribution < -0.4 is 20.3 Å². The molecule has 140 valence electrons. The second-order valence-electron chi connectivity index (χ2n) is 6.23. The molecule has 3 N–H and O–H groups in total. The van der Waals surface area contributed by atoms with Crippen molar-refractivity contribution in [3.63, 3.8) is 0 Å². The van der Waals surface area contributed by atoms with Gasteiger partial charge in [0.1, 0.15) is 25.4 Å². The summed E-state index contributed by atoms with van der Waals surface area (Å²) in [5.74, 6) is 0.188. The number of carbonyl (C=O) groups excluding carboxylic acids is 2. The Balaban J connectivity index is 1.98. The van der Waals surface area contributed by atoms with Crippen LogP contribution in [0.3, 0.4) is 0 Å². The molecule has 8 heteroatoms. The highest BCUT2D eigenvalue weighted by atomic mass is 16.5. The number of hydrogen-bond donors (Lipinski definition) is 3. The largest absolute Gasteiger partial charge is 0.497 e. The van der Waals surface area contributed by atoms with Gasteiger partial charge >= 0.3 is 12.0 Å². The highest BCUT2D eigenvalue weighted by Gasteiger charge is 2.35. The molecular formula is C18H24N3O5+. The molecule has 0 saturated carbocycles. The summed E-state index contributed by atoms with van der Waals surface area (Å²) in [4.78, 5) is 26.0. The van der Waals surface area contributed by atoms with Gasteiger partial charge in [0.2, 0.25) is 0 Å². The molecule has 1 fully saturated rings. The van der Waals surface area contributed by atoms with E-state index in [1.807, 2.05) is 18.2 Å². The second kappa shape index (κ2) is 8.20. The number of hydrogen-bond acceptors (Lipinski definition) is 5. The van der Waals surface area contributed by atoms with Crippen LogP contribution in [0.1, 0.15) is 11.6 Å². The highest BCUT2D eigenvalue weighted by molar-refractivity contribution is 5.95. The summed E-state index contributed by atoms with van der Waals surface area (Å²) in [5, 5.41) is 5.61. The van der Waals surface area contributed by atoms with E-state index in [2.05, 4.69) is 10.6 Å². The molecule has 0 aliphatic carbocycles. The minimum Gasteiger partial charge on any atom is -0.497 e. The number of nitrogens with one attached hydrogen (secondary N) is 3. The maximum absolute atomic E-state index is 12.5. The molecule has 0 aromatic heterocycles. The lowest BCUT2D eigenvalue weighted by molar-refractivity contribution is -0.903. The molecule has 1 atom stereocenters. The van der Waals surface area contributed by atoms with Gasteiger partial charge in [-0.05, 0) is 17.7 Å². The Hall–Kier alpha value is -2.58. The van der Waals surface area contributed by atoms with Crippen molar-refractivity contribution in [3.05, 3.63) is 41.1 Å². The molecular weight excluding hydrogens is 338 g/mol. The first-order valence-corrected chi connectivity index (χ1v) is 8.56. The number of quaternary nitrogens is 1. The van der Waals surface area contributed by atoms with Crippen molar-refractivity contribution in [3.8, 4) is 5.75 Å². The van der Waals surface area contributed by atoms with E-state index in [0.29, 0.717) is 36.8 Å². The number of rotatable bonds is 5. The average Bonchev–Trinajstić information content (AvgIpc) is 2.68. The third-order valence-corrected chi connectivity index (χ3v) is 4.61. The quantitative estimate of drug-likeness (QED) is 0.608. The first kappa shape index (κ1) is 18.2. The van der Waals surface area contributed by atoms with Gasteiger partial charge in [0.15, 0.2) is 0 Å². The van der Waals surface area contributed by atoms with E-state index in [1.54, 1.807) is 13.2 Å². The van der Waals surface area contributed by atoms with Crippen LogP contribution in [0, 0.1) is 0 Å². The molecule has 1 saturated heterocycles. The van der Waals surface area contributed by atoms with Gasteiger partial charge in [-0.1, -0.05) is 12.1 Å². The van der Waals surface area contributed by atoms with Crippen LogP contribution in [-0.4, -0.2) is 59.1 Å². The number of carbonyl (C=O) groups is 2. The number of benzene rings is 1. The van der Waals surface area contributed by atoms with Crippen LogP contribution in [0.25, 0.3) is 0 Å². The molecule has 0 spiro atoms. The number of morpholine rings is 1. The fraction of sp³-hybridized carbons (Fsp3) is 0.444. The molecule has 1 aromatic carbocycles. The van der Waals surface area contributed by atoms with Crippen molar-refractivity contribution >= 4 is 12.0 Å². The molecule has 2 amide bonds. The normalized spacial score (nSPS) is 21.0. The molecule has 3 rings (SSSR count). The van der Waals surface area contributed by atoms with Crippen molar-refractivity contribution in [2.45, 2.75) is 6.04 Å². The smallest absolute Gasteiger partial charge is 0.338 e. The van der Waals surface area contributed by atoms with Crippen LogP contribution in [0.2, 0.25) is 0 Å². The summed E-state index contributed by atoms with van der Waals surface area (Å²) in [6.07, 6.45) is 0. The first-order chi connectivity index (χ1) is 12.6. The zero-order chi connectivity index (χ0) is 18.5. The van der Waals surface area contributed by atoms with Crippen molar-refractivity contribution in [1.82, 2.24) is 10.6 Å². The summed E-state index contributed by atoms with van der Waals surface area (Å²) in [5.41, 5.74) is 1.76. The minimum absolute atomic E-state index is 0.340. The molecule has 2 heterocycles. The number of amides is 2. The number of urea groups is 1. The lowest BCUT2D eigenvalue weighted by atomic mass is 9.94. The molecule has 26 heavy (non-hydrogen) atoms. The minimum atomic E-state index is -0.596. The maximum atomic E-state index is 12.5. The molecule has 0 unspecified atom stereocenters. The predicted molar refractivity (Wildman–Crippen MR) is 92.8 cm³/mol. The van der Waals surface area contributed by atoms with Gasteiger partial charge in [0.05, 0.1) is 44.7 Å². The van der Waals surface area contributed by atoms with E-state index in [0.717, 1.165) is 18.7 Å². The Bertz CT molecular complexity index is 713. The molecule has 8 nitrogen and oxygen atoms in total. The number of esters is 1. The van der Waals surface area contributed by atoms with Crippen LogP contribution >= 0.6 is 0 Å². The third kappa shape index (κ3) is 3.97. The van der Waals surface area contributed by atoms with Gasteiger partial charge in [-0.3, -0.25) is 0 Å². The summed E-state index contributed by atoms with van der Waals surface area (Å²) >= 11 is 0. The van der Waals surface area contributed by atoms with E-state index in [1.165, 1.54) is 12.0 Å². The molecule has 1 aromatic rings. The Kier molecular flexibility index (Phi) is 5.75. The van der Waals surface area contributed by atoms with Gasteiger partial charge in [0, 0.05) is 0 Å². The summed E-state index contributed by atoms with van der Waals surface area (Å²) in [7, 11) is 2.91. The van der Waals surface area contributed by atoms with E-state index in [-0.39, 0.29) is 6.03 Å². The van der Waals surface area contributed by atoms with Crippen LogP contribution in [0.4, 0.5) is 4.79 Å². The molecule has 2 aliphatic rings. The maximum Gasteiger partial charge on any atom is 0.338 e. The third-order valence-electron chi connectivity index (χ3n) is 4.61. The number of methoxy groups -OCH3 is 2. The van der Waals surface area contributed by atoms with Crippen molar-refractivity contribution in [2.75, 3.05) is 47.1 Å². The van der Waals surface area contributed by atoms with Gasteiger partial charge in [-0.2, -0.15) is 0 Å². The van der Waals surface area contributed by atoms with Crippen LogP contribution in [0.5, 0.6) is 5.75 Å².